The van der Waals surface area contributed by atoms with Crippen molar-refractivity contribution in [3.05, 3.63) is 6.92 Å². The second kappa shape index (κ2) is 60.0. The van der Waals surface area contributed by atoms with E-state index in [4.69, 9.17) is 24.1 Å². The standard InChI is InChI=1S/C16H36N2O.2C15H35N2O.C14H33N2O.C12H29N2.C5H14NO/c1-8-11-18(6,7)12-9-13-19-14-10-17(15(2)3)16(4)5;1-8-17(6,7)11-9-12-18-13-10-16(14(2)3)15(4)5;1-8-10-17(6,7)11-13-18-12-9-16(14(2)3)15(4)5;1-8-16(6,7)10-12-17-11-9-15(13(2)3)14(4)5;1-6-14(4,5)12-10-8-7-9-11-13(2)3;1-6(2,3)4-5-7/h15-16H,1,8-14H2,2-7H3;2*14-15H,8-13H2,1-7H3;13-14H,8-12H2,1-7H3;6-12H2,1-5H3;7H,4-5H2,1-3H3/q+2;5*+1. The summed E-state index contributed by atoms with van der Waals surface area (Å²) in [6.45, 7) is 74.2. The van der Waals surface area contributed by atoms with E-state index < -0.39 is 0 Å². The van der Waals surface area contributed by atoms with Gasteiger partial charge in [0, 0.05) is 87.4 Å². The molecule has 0 fully saturated rings. The summed E-state index contributed by atoms with van der Waals surface area (Å²) < 4.78 is 29.3. The fourth-order valence-corrected chi connectivity index (χ4v) is 10.7. The molecule has 568 valence electrons. The molecular formula is C77H182N11O5+7. The third kappa shape index (κ3) is 72.3. The summed E-state index contributed by atoms with van der Waals surface area (Å²) in [5.74, 6) is 0. The minimum absolute atomic E-state index is 0.281. The third-order valence-corrected chi connectivity index (χ3v) is 18.1. The van der Waals surface area contributed by atoms with Crippen molar-refractivity contribution in [1.29, 1.82) is 0 Å². The van der Waals surface area contributed by atoms with Crippen LogP contribution in [0.25, 0.3) is 0 Å². The average molecular weight is 1340 g/mol. The van der Waals surface area contributed by atoms with Crippen molar-refractivity contribution in [1.82, 2.24) is 24.5 Å². The number of hydrogen-bond acceptors (Lipinski definition) is 10. The molecule has 16 heteroatoms. The minimum atomic E-state index is 0.281. The minimum Gasteiger partial charge on any atom is -0.391 e. The molecule has 0 aliphatic rings. The van der Waals surface area contributed by atoms with Crippen LogP contribution < -0.4 is 0 Å². The second-order valence-electron chi connectivity index (χ2n) is 33.4. The molecule has 93 heavy (non-hydrogen) atoms. The molecule has 0 radical (unpaired) electrons. The maximum absolute atomic E-state index is 8.39. The van der Waals surface area contributed by atoms with Gasteiger partial charge in [-0.15, -0.1) is 0 Å². The maximum atomic E-state index is 8.39. The van der Waals surface area contributed by atoms with Gasteiger partial charge in [0.2, 0.25) is 0 Å². The first kappa shape index (κ1) is 103. The first-order chi connectivity index (χ1) is 42.7. The van der Waals surface area contributed by atoms with E-state index in [0.717, 1.165) is 153 Å². The Hall–Kier alpha value is -0.770. The van der Waals surface area contributed by atoms with Gasteiger partial charge in [-0.2, -0.15) is 0 Å². The fraction of sp³-hybridized carbons (Fsp3) is 0.987. The Kier molecular flexibility index (Phi) is 66.6. The van der Waals surface area contributed by atoms with Gasteiger partial charge < -0.3 is 55.9 Å². The van der Waals surface area contributed by atoms with Crippen LogP contribution in [0.5, 0.6) is 0 Å². The second-order valence-corrected chi connectivity index (χ2v) is 33.4. The number of hydrogen-bond donors (Lipinski definition) is 1. The summed E-state index contributed by atoms with van der Waals surface area (Å²) in [5, 5.41) is 8.39. The third-order valence-electron chi connectivity index (χ3n) is 18.1. The Balaban J connectivity index is -0.000000248. The van der Waals surface area contributed by atoms with Crippen LogP contribution in [0, 0.1) is 6.92 Å². The summed E-state index contributed by atoms with van der Waals surface area (Å²) in [4.78, 5) is 12.2. The number of aliphatic hydroxyl groups excluding tert-OH is 1. The molecule has 0 atom stereocenters. The van der Waals surface area contributed by atoms with Gasteiger partial charge in [-0.3, -0.25) is 19.6 Å². The number of ether oxygens (including phenoxy) is 4. The smallest absolute Gasteiger partial charge is 0.134 e. The SMILES string of the molecule is CCC[N+](C)(C)CCOCCN(C(C)C)C(C)C.CC[N+](C)(C)CCCCCCN(C)C.CC[N+](C)(C)CCCOCCN(C(C)C)C(C)C.CC[N+](C)(C)CCOCCN(C(C)C)C(C)C.C[N+](C)(C)CCO.[CH2+]CC[N+](C)(C)CCCOCCN(C(C)C)C(C)C. The van der Waals surface area contributed by atoms with Crippen LogP contribution in [-0.4, -0.2) is 375 Å². The lowest BCUT2D eigenvalue weighted by atomic mass is 10.2. The lowest BCUT2D eigenvalue weighted by molar-refractivity contribution is -0.890. The molecule has 0 aliphatic heterocycles. The number of unbranched alkanes of at least 4 members (excludes halogenated alkanes) is 3. The first-order valence-corrected chi connectivity index (χ1v) is 38.0. The molecular weight excluding hydrogens is 1160 g/mol. The van der Waals surface area contributed by atoms with Crippen LogP contribution >= 0.6 is 0 Å². The van der Waals surface area contributed by atoms with Crippen LogP contribution in [0.3, 0.4) is 0 Å². The lowest BCUT2D eigenvalue weighted by Crippen LogP contribution is -2.43. The predicted molar refractivity (Wildman–Crippen MR) is 414 cm³/mol. The first-order valence-electron chi connectivity index (χ1n) is 38.0. The Morgan fingerprint density at radius 2 is 0.570 bits per heavy atom. The van der Waals surface area contributed by atoms with E-state index in [0.29, 0.717) is 48.3 Å². The number of quaternary nitrogens is 6. The summed E-state index contributed by atoms with van der Waals surface area (Å²) in [6, 6.07) is 4.78. The van der Waals surface area contributed by atoms with Crippen molar-refractivity contribution in [2.24, 2.45) is 0 Å². The zero-order chi connectivity index (χ0) is 73.7. The van der Waals surface area contributed by atoms with E-state index in [1.807, 2.05) is 0 Å². The topological polar surface area (TPSA) is 73.3 Å². The number of rotatable bonds is 50. The Bertz CT molecular complexity index is 1520. The molecule has 0 amide bonds. The zero-order valence-corrected chi connectivity index (χ0v) is 70.7. The van der Waals surface area contributed by atoms with Crippen molar-refractivity contribution in [2.75, 3.05) is 270 Å². The Morgan fingerprint density at radius 1 is 0.301 bits per heavy atom. The highest BCUT2D eigenvalue weighted by atomic mass is 16.5. The van der Waals surface area contributed by atoms with E-state index in [2.05, 4.69) is 276 Å². The van der Waals surface area contributed by atoms with Crippen LogP contribution in [0.4, 0.5) is 0 Å². The van der Waals surface area contributed by atoms with Crippen molar-refractivity contribution >= 4 is 0 Å². The molecule has 0 heterocycles. The zero-order valence-electron chi connectivity index (χ0n) is 70.7. The molecule has 0 unspecified atom stereocenters. The molecule has 16 nitrogen and oxygen atoms in total. The van der Waals surface area contributed by atoms with E-state index in [-0.39, 0.29) is 6.61 Å². The van der Waals surface area contributed by atoms with E-state index >= 15 is 0 Å². The highest BCUT2D eigenvalue weighted by molar-refractivity contribution is 4.69. The van der Waals surface area contributed by atoms with Crippen LogP contribution in [-0.2, 0) is 18.9 Å². The van der Waals surface area contributed by atoms with Crippen molar-refractivity contribution in [2.45, 2.75) is 238 Å². The number of aliphatic hydroxyl groups is 1. The lowest BCUT2D eigenvalue weighted by Gasteiger charge is -2.31. The van der Waals surface area contributed by atoms with Gasteiger partial charge in [0.1, 0.15) is 32.6 Å². The molecule has 0 rings (SSSR count). The van der Waals surface area contributed by atoms with Crippen molar-refractivity contribution < 1.29 is 51.0 Å². The molecule has 0 spiro atoms. The van der Waals surface area contributed by atoms with E-state index in [1.165, 1.54) is 82.4 Å². The molecule has 1 N–H and O–H groups in total. The summed E-state index contributed by atoms with van der Waals surface area (Å²) in [5.41, 5.74) is 0. The van der Waals surface area contributed by atoms with E-state index in [9.17, 15) is 0 Å². The van der Waals surface area contributed by atoms with Gasteiger partial charge in [-0.25, -0.2) is 0 Å². The molecule has 0 aliphatic carbocycles. The Morgan fingerprint density at radius 3 is 0.828 bits per heavy atom. The molecule has 0 saturated carbocycles. The molecule has 0 aromatic carbocycles. The van der Waals surface area contributed by atoms with Gasteiger partial charge >= 0.3 is 0 Å². The monoisotopic (exact) mass is 1340 g/mol. The molecule has 0 aromatic heterocycles. The van der Waals surface area contributed by atoms with Gasteiger partial charge in [-0.05, 0) is 178 Å². The van der Waals surface area contributed by atoms with Gasteiger partial charge in [-0.1, -0.05) is 13.3 Å². The molecule has 0 saturated heterocycles. The van der Waals surface area contributed by atoms with Gasteiger partial charge in [0.05, 0.1) is 204 Å². The Labute approximate surface area is 587 Å². The summed E-state index contributed by atoms with van der Waals surface area (Å²) in [7, 11) is 33.2. The quantitative estimate of drug-likeness (QED) is 0.0362. The van der Waals surface area contributed by atoms with Gasteiger partial charge in [0.25, 0.3) is 0 Å². The highest BCUT2D eigenvalue weighted by Crippen LogP contribution is 2.10. The van der Waals surface area contributed by atoms with Crippen LogP contribution in [0.2, 0.25) is 0 Å². The highest BCUT2D eigenvalue weighted by Gasteiger charge is 2.20. The average Bonchev–Trinajstić information content (AvgIpc) is 2.43. The number of nitrogens with zero attached hydrogens (tertiary/aromatic N) is 11. The molecule has 0 aromatic rings. The van der Waals surface area contributed by atoms with Crippen molar-refractivity contribution in [3.8, 4) is 0 Å². The maximum Gasteiger partial charge on any atom is 0.134 e. The largest absolute Gasteiger partial charge is 0.391 e. The van der Waals surface area contributed by atoms with Gasteiger partial charge in [0.15, 0.2) is 0 Å². The fourth-order valence-electron chi connectivity index (χ4n) is 10.7. The van der Waals surface area contributed by atoms with E-state index in [1.54, 1.807) is 0 Å². The normalized spacial score (nSPS) is 12.8. The van der Waals surface area contributed by atoms with Crippen LogP contribution in [0.1, 0.15) is 190 Å². The number of likely N-dealkylation sites (N-methyl/N-ethyl adjacent to an activating group) is 3. The van der Waals surface area contributed by atoms with Crippen LogP contribution in [0.15, 0.2) is 0 Å². The summed E-state index contributed by atoms with van der Waals surface area (Å²) in [6.07, 6.45) is 10.1. The molecule has 0 bridgehead atoms. The summed E-state index contributed by atoms with van der Waals surface area (Å²) >= 11 is 0. The van der Waals surface area contributed by atoms with Crippen molar-refractivity contribution in [3.63, 3.8) is 0 Å². The predicted octanol–water partition coefficient (Wildman–Crippen LogP) is 12.1.